The molecular formula is C12H16N2O2. The van der Waals surface area contributed by atoms with E-state index in [1.54, 1.807) is 18.1 Å². The molecule has 0 saturated heterocycles. The number of fused-ring (bicyclic) bond motifs is 1. The first-order valence-corrected chi connectivity index (χ1v) is 5.32. The predicted octanol–water partition coefficient (Wildman–Crippen LogP) is 1.26. The van der Waals surface area contributed by atoms with Crippen LogP contribution in [0.4, 0.5) is 5.69 Å². The lowest BCUT2D eigenvalue weighted by atomic mass is 10.1. The molecule has 1 aromatic rings. The Morgan fingerprint density at radius 3 is 3.00 bits per heavy atom. The first kappa shape index (κ1) is 11.0. The standard InChI is InChI=1S/C12H16N2O2/c1-8(16-2)6-14-7-9-3-4-10(13)5-11(9)12(14)15/h3-5,8H,6-7,13H2,1-2H3. The highest BCUT2D eigenvalue weighted by atomic mass is 16.5. The molecular weight excluding hydrogens is 204 g/mol. The predicted molar refractivity (Wildman–Crippen MR) is 62.1 cm³/mol. The van der Waals surface area contributed by atoms with E-state index in [0.717, 1.165) is 11.1 Å². The Balaban J connectivity index is 2.18. The number of nitrogens with two attached hydrogens (primary N) is 1. The number of hydrogen-bond donors (Lipinski definition) is 1. The molecule has 0 aliphatic carbocycles. The molecule has 0 fully saturated rings. The molecule has 2 rings (SSSR count). The third kappa shape index (κ3) is 1.88. The third-order valence-corrected chi connectivity index (χ3v) is 2.89. The van der Waals surface area contributed by atoms with Crippen LogP contribution in [0.25, 0.3) is 0 Å². The molecule has 0 aromatic heterocycles. The van der Waals surface area contributed by atoms with Gasteiger partial charge in [0.1, 0.15) is 0 Å². The lowest BCUT2D eigenvalue weighted by molar-refractivity contribution is 0.0558. The Morgan fingerprint density at radius 2 is 2.31 bits per heavy atom. The van der Waals surface area contributed by atoms with Crippen molar-refractivity contribution in [3.8, 4) is 0 Å². The van der Waals surface area contributed by atoms with Gasteiger partial charge in [-0.3, -0.25) is 4.79 Å². The molecule has 0 radical (unpaired) electrons. The molecule has 86 valence electrons. The van der Waals surface area contributed by atoms with Gasteiger partial charge in [-0.05, 0) is 24.6 Å². The van der Waals surface area contributed by atoms with Crippen molar-refractivity contribution in [1.82, 2.24) is 4.90 Å². The quantitative estimate of drug-likeness (QED) is 0.780. The van der Waals surface area contributed by atoms with Crippen LogP contribution in [0.15, 0.2) is 18.2 Å². The maximum atomic E-state index is 12.0. The molecule has 2 N–H and O–H groups in total. The lowest BCUT2D eigenvalue weighted by Crippen LogP contribution is -2.32. The molecule has 0 saturated carbocycles. The minimum atomic E-state index is 0.0474. The van der Waals surface area contributed by atoms with Gasteiger partial charge < -0.3 is 15.4 Å². The van der Waals surface area contributed by atoms with Gasteiger partial charge in [-0.25, -0.2) is 0 Å². The van der Waals surface area contributed by atoms with Gasteiger partial charge in [-0.1, -0.05) is 6.07 Å². The summed E-state index contributed by atoms with van der Waals surface area (Å²) in [6.45, 7) is 3.22. The highest BCUT2D eigenvalue weighted by molar-refractivity contribution is 5.99. The summed E-state index contributed by atoms with van der Waals surface area (Å²) in [5.74, 6) is 0.0474. The van der Waals surface area contributed by atoms with E-state index >= 15 is 0 Å². The molecule has 1 unspecified atom stereocenters. The fraction of sp³-hybridized carbons (Fsp3) is 0.417. The molecule has 1 atom stereocenters. The zero-order valence-electron chi connectivity index (χ0n) is 9.56. The number of carbonyl (C=O) groups is 1. The van der Waals surface area contributed by atoms with E-state index in [0.29, 0.717) is 18.8 Å². The highest BCUT2D eigenvalue weighted by Gasteiger charge is 2.28. The minimum absolute atomic E-state index is 0.0474. The second-order valence-corrected chi connectivity index (χ2v) is 4.15. The van der Waals surface area contributed by atoms with Crippen molar-refractivity contribution in [3.63, 3.8) is 0 Å². The Labute approximate surface area is 95.0 Å². The SMILES string of the molecule is COC(C)CN1Cc2ccc(N)cc2C1=O. The monoisotopic (exact) mass is 220 g/mol. The van der Waals surface area contributed by atoms with E-state index in [-0.39, 0.29) is 12.0 Å². The number of rotatable bonds is 3. The van der Waals surface area contributed by atoms with Gasteiger partial charge >= 0.3 is 0 Å². The molecule has 4 heteroatoms. The highest BCUT2D eigenvalue weighted by Crippen LogP contribution is 2.24. The van der Waals surface area contributed by atoms with Crippen LogP contribution in [0.5, 0.6) is 0 Å². The van der Waals surface area contributed by atoms with E-state index in [1.165, 1.54) is 0 Å². The molecule has 1 aliphatic rings. The normalized spacial score (nSPS) is 16.4. The van der Waals surface area contributed by atoms with Crippen LogP contribution >= 0.6 is 0 Å². The summed E-state index contributed by atoms with van der Waals surface area (Å²) in [6.07, 6.45) is 0.0515. The summed E-state index contributed by atoms with van der Waals surface area (Å²) in [6, 6.07) is 5.49. The number of carbonyl (C=O) groups excluding carboxylic acids is 1. The van der Waals surface area contributed by atoms with Gasteiger partial charge in [0.15, 0.2) is 0 Å². The molecule has 16 heavy (non-hydrogen) atoms. The Bertz CT molecular complexity index is 417. The zero-order valence-corrected chi connectivity index (χ0v) is 9.56. The van der Waals surface area contributed by atoms with Gasteiger partial charge in [0, 0.05) is 31.5 Å². The van der Waals surface area contributed by atoms with Gasteiger partial charge in [0.2, 0.25) is 0 Å². The van der Waals surface area contributed by atoms with Crippen molar-refractivity contribution in [3.05, 3.63) is 29.3 Å². The van der Waals surface area contributed by atoms with E-state index in [2.05, 4.69) is 0 Å². The average Bonchev–Trinajstić information content (AvgIpc) is 2.56. The van der Waals surface area contributed by atoms with Crippen molar-refractivity contribution < 1.29 is 9.53 Å². The lowest BCUT2D eigenvalue weighted by Gasteiger charge is -2.19. The molecule has 1 aliphatic heterocycles. The summed E-state index contributed by atoms with van der Waals surface area (Å²) in [7, 11) is 1.65. The first-order chi connectivity index (χ1) is 7.61. The van der Waals surface area contributed by atoms with Crippen molar-refractivity contribution in [2.24, 2.45) is 0 Å². The van der Waals surface area contributed by atoms with Crippen molar-refractivity contribution in [2.75, 3.05) is 19.4 Å². The van der Waals surface area contributed by atoms with E-state index in [1.807, 2.05) is 19.1 Å². The van der Waals surface area contributed by atoms with Gasteiger partial charge in [-0.15, -0.1) is 0 Å². The van der Waals surface area contributed by atoms with E-state index in [9.17, 15) is 4.79 Å². The average molecular weight is 220 g/mol. The number of nitrogen functional groups attached to an aromatic ring is 1. The largest absolute Gasteiger partial charge is 0.399 e. The zero-order chi connectivity index (χ0) is 11.7. The molecule has 1 aromatic carbocycles. The van der Waals surface area contributed by atoms with Crippen molar-refractivity contribution in [1.29, 1.82) is 0 Å². The Hall–Kier alpha value is -1.55. The number of benzene rings is 1. The fourth-order valence-corrected chi connectivity index (χ4v) is 1.91. The molecule has 1 amide bonds. The van der Waals surface area contributed by atoms with Crippen molar-refractivity contribution in [2.45, 2.75) is 19.6 Å². The smallest absolute Gasteiger partial charge is 0.254 e. The number of methoxy groups -OCH3 is 1. The first-order valence-electron chi connectivity index (χ1n) is 5.32. The third-order valence-electron chi connectivity index (χ3n) is 2.89. The fourth-order valence-electron chi connectivity index (χ4n) is 1.91. The molecule has 0 spiro atoms. The van der Waals surface area contributed by atoms with Gasteiger partial charge in [-0.2, -0.15) is 0 Å². The van der Waals surface area contributed by atoms with Gasteiger partial charge in [0.25, 0.3) is 5.91 Å². The Morgan fingerprint density at radius 1 is 1.56 bits per heavy atom. The second kappa shape index (κ2) is 4.14. The summed E-state index contributed by atoms with van der Waals surface area (Å²) in [5, 5.41) is 0. The van der Waals surface area contributed by atoms with Crippen LogP contribution in [0.2, 0.25) is 0 Å². The summed E-state index contributed by atoms with van der Waals surface area (Å²) in [5.41, 5.74) is 8.07. The number of hydrogen-bond acceptors (Lipinski definition) is 3. The molecule has 1 heterocycles. The molecule has 0 bridgehead atoms. The van der Waals surface area contributed by atoms with E-state index in [4.69, 9.17) is 10.5 Å². The number of ether oxygens (including phenoxy) is 1. The topological polar surface area (TPSA) is 55.6 Å². The van der Waals surface area contributed by atoms with Gasteiger partial charge in [0.05, 0.1) is 6.10 Å². The summed E-state index contributed by atoms with van der Waals surface area (Å²) in [4.78, 5) is 13.8. The number of amides is 1. The second-order valence-electron chi connectivity index (χ2n) is 4.15. The van der Waals surface area contributed by atoms with Crippen LogP contribution in [0, 0.1) is 0 Å². The summed E-state index contributed by atoms with van der Waals surface area (Å²) >= 11 is 0. The van der Waals surface area contributed by atoms with Crippen molar-refractivity contribution >= 4 is 11.6 Å². The van der Waals surface area contributed by atoms with Crippen LogP contribution in [0.1, 0.15) is 22.8 Å². The molecule has 4 nitrogen and oxygen atoms in total. The minimum Gasteiger partial charge on any atom is -0.399 e. The Kier molecular flexibility index (Phi) is 2.83. The van der Waals surface area contributed by atoms with E-state index < -0.39 is 0 Å². The van der Waals surface area contributed by atoms with Crippen LogP contribution < -0.4 is 5.73 Å². The summed E-state index contributed by atoms with van der Waals surface area (Å²) < 4.78 is 5.16. The van der Waals surface area contributed by atoms with Crippen LogP contribution in [0.3, 0.4) is 0 Å². The van der Waals surface area contributed by atoms with Crippen LogP contribution in [-0.4, -0.2) is 30.6 Å². The maximum absolute atomic E-state index is 12.0. The van der Waals surface area contributed by atoms with Crippen LogP contribution in [-0.2, 0) is 11.3 Å². The maximum Gasteiger partial charge on any atom is 0.254 e. The number of nitrogens with zero attached hydrogens (tertiary/aromatic N) is 1. The number of anilines is 1.